The van der Waals surface area contributed by atoms with Crippen molar-refractivity contribution in [2.75, 3.05) is 18.0 Å². The Morgan fingerprint density at radius 3 is 2.04 bits per heavy atom. The minimum absolute atomic E-state index is 0.274. The molecule has 0 N–H and O–H groups in total. The molecule has 1 aromatic rings. The first-order chi connectivity index (χ1) is 10.6. The monoisotopic (exact) mass is 315 g/mol. The number of aryl methyl sites for hydroxylation is 1. The van der Waals surface area contributed by atoms with Crippen molar-refractivity contribution in [2.24, 2.45) is 10.8 Å². The average Bonchev–Trinajstić information content (AvgIpc) is 2.44. The third kappa shape index (κ3) is 5.55. The van der Waals surface area contributed by atoms with Crippen LogP contribution >= 0.6 is 0 Å². The van der Waals surface area contributed by atoms with Crippen LogP contribution in [-0.4, -0.2) is 25.4 Å². The van der Waals surface area contributed by atoms with Crippen molar-refractivity contribution in [2.45, 2.75) is 74.6 Å². The molecule has 0 unspecified atom stereocenters. The van der Waals surface area contributed by atoms with Gasteiger partial charge in [-0.15, -0.1) is 0 Å². The van der Waals surface area contributed by atoms with Gasteiger partial charge in [0.05, 0.1) is 0 Å². The first kappa shape index (κ1) is 20.1. The summed E-state index contributed by atoms with van der Waals surface area (Å²) in [5, 5.41) is 0. The third-order valence-corrected chi connectivity index (χ3v) is 5.24. The van der Waals surface area contributed by atoms with Gasteiger partial charge in [0.15, 0.2) is 7.28 Å². The summed E-state index contributed by atoms with van der Waals surface area (Å²) in [6, 6.07) is 2.29. The van der Waals surface area contributed by atoms with Gasteiger partial charge in [-0.25, -0.2) is 4.98 Å². The highest BCUT2D eigenvalue weighted by molar-refractivity contribution is 6.53. The maximum Gasteiger partial charge on any atom is 0.154 e. The fourth-order valence-corrected chi connectivity index (χ4v) is 2.57. The lowest BCUT2D eigenvalue weighted by Crippen LogP contribution is -2.33. The van der Waals surface area contributed by atoms with Gasteiger partial charge in [0.1, 0.15) is 5.82 Å². The van der Waals surface area contributed by atoms with Crippen LogP contribution in [0, 0.1) is 17.8 Å². The van der Waals surface area contributed by atoms with Crippen LogP contribution in [-0.2, 0) is 0 Å². The maximum atomic E-state index is 4.77. The van der Waals surface area contributed by atoms with Gasteiger partial charge in [0.25, 0.3) is 0 Å². The molecule has 129 valence electrons. The number of hydrogen-bond donors (Lipinski definition) is 0. The molecule has 0 aromatic carbocycles. The Kier molecular flexibility index (Phi) is 7.16. The second kappa shape index (κ2) is 8.21. The summed E-state index contributed by atoms with van der Waals surface area (Å²) >= 11 is 0. The fraction of sp³-hybridized carbons (Fsp3) is 0.750. The largest absolute Gasteiger partial charge is 0.356 e. The van der Waals surface area contributed by atoms with Gasteiger partial charge >= 0.3 is 0 Å². The molecule has 0 fully saturated rings. The van der Waals surface area contributed by atoms with E-state index in [1.165, 1.54) is 11.0 Å². The van der Waals surface area contributed by atoms with Gasteiger partial charge in [-0.2, -0.15) is 0 Å². The predicted octanol–water partition coefficient (Wildman–Crippen LogP) is 4.84. The molecule has 0 saturated heterocycles. The standard InChI is InChI=1S/C20H36BN2/c1-9-11-23(12-10-2)18-16(3)13-17(14-22-18)21-15-20(7,8)19(4,5)6/h13-14H,9-12,15H2,1-8H3. The maximum absolute atomic E-state index is 4.77. The van der Waals surface area contributed by atoms with E-state index in [0.717, 1.165) is 38.1 Å². The minimum Gasteiger partial charge on any atom is -0.356 e. The van der Waals surface area contributed by atoms with Gasteiger partial charge in [-0.05, 0) is 36.2 Å². The van der Waals surface area contributed by atoms with Gasteiger partial charge in [0.2, 0.25) is 0 Å². The Labute approximate surface area is 145 Å². The summed E-state index contributed by atoms with van der Waals surface area (Å²) in [5.41, 5.74) is 3.10. The molecule has 1 radical (unpaired) electrons. The average molecular weight is 315 g/mol. The lowest BCUT2D eigenvalue weighted by molar-refractivity contribution is 0.157. The smallest absolute Gasteiger partial charge is 0.154 e. The first-order valence-corrected chi connectivity index (χ1v) is 9.17. The molecule has 23 heavy (non-hydrogen) atoms. The number of anilines is 1. The summed E-state index contributed by atoms with van der Waals surface area (Å²) in [6.45, 7) is 20.5. The molecule has 3 heteroatoms. The van der Waals surface area contributed by atoms with E-state index in [2.05, 4.69) is 73.6 Å². The van der Waals surface area contributed by atoms with Crippen molar-refractivity contribution >= 4 is 18.6 Å². The lowest BCUT2D eigenvalue weighted by Gasteiger charge is -2.39. The molecule has 0 spiro atoms. The Balaban J connectivity index is 2.84. The number of nitrogens with zero attached hydrogens (tertiary/aromatic N) is 2. The zero-order valence-electron chi connectivity index (χ0n) is 16.7. The molecule has 2 nitrogen and oxygen atoms in total. The molecule has 0 aliphatic heterocycles. The molecule has 1 aromatic heterocycles. The van der Waals surface area contributed by atoms with Crippen LogP contribution in [0.2, 0.25) is 6.32 Å². The second-order valence-electron chi connectivity index (χ2n) is 8.44. The van der Waals surface area contributed by atoms with E-state index in [-0.39, 0.29) is 5.41 Å². The van der Waals surface area contributed by atoms with Crippen LogP contribution in [0.5, 0.6) is 0 Å². The van der Waals surface area contributed by atoms with E-state index < -0.39 is 0 Å². The van der Waals surface area contributed by atoms with Crippen molar-refractivity contribution in [3.05, 3.63) is 17.8 Å². The molecule has 1 heterocycles. The van der Waals surface area contributed by atoms with E-state index in [9.17, 15) is 0 Å². The molecule has 0 amide bonds. The number of aromatic nitrogens is 1. The molecule has 0 aliphatic rings. The number of pyridine rings is 1. The van der Waals surface area contributed by atoms with E-state index >= 15 is 0 Å². The number of hydrogen-bond acceptors (Lipinski definition) is 2. The minimum atomic E-state index is 0.274. The van der Waals surface area contributed by atoms with Crippen molar-refractivity contribution in [1.82, 2.24) is 4.98 Å². The quantitative estimate of drug-likeness (QED) is 0.638. The van der Waals surface area contributed by atoms with Crippen LogP contribution < -0.4 is 10.4 Å². The molecular formula is C20H36BN2. The van der Waals surface area contributed by atoms with Crippen LogP contribution in [0.4, 0.5) is 5.82 Å². The van der Waals surface area contributed by atoms with Crippen LogP contribution in [0.1, 0.15) is 66.9 Å². The Morgan fingerprint density at radius 2 is 1.61 bits per heavy atom. The molecular weight excluding hydrogens is 279 g/mol. The van der Waals surface area contributed by atoms with E-state index in [0.29, 0.717) is 5.41 Å². The van der Waals surface area contributed by atoms with Gasteiger partial charge in [-0.1, -0.05) is 66.3 Å². The zero-order chi connectivity index (χ0) is 17.7. The van der Waals surface area contributed by atoms with Gasteiger partial charge in [-0.3, -0.25) is 0 Å². The first-order valence-electron chi connectivity index (χ1n) is 9.17. The van der Waals surface area contributed by atoms with Crippen molar-refractivity contribution in [1.29, 1.82) is 0 Å². The Morgan fingerprint density at radius 1 is 1.04 bits per heavy atom. The zero-order valence-corrected chi connectivity index (χ0v) is 16.7. The van der Waals surface area contributed by atoms with Gasteiger partial charge in [0, 0.05) is 19.3 Å². The van der Waals surface area contributed by atoms with E-state index in [1.807, 2.05) is 6.20 Å². The summed E-state index contributed by atoms with van der Waals surface area (Å²) in [4.78, 5) is 7.19. The normalized spacial score (nSPS) is 12.3. The summed E-state index contributed by atoms with van der Waals surface area (Å²) in [6.07, 6.45) is 5.44. The highest BCUT2D eigenvalue weighted by Gasteiger charge is 2.32. The third-order valence-electron chi connectivity index (χ3n) is 5.24. The molecule has 0 bridgehead atoms. The molecule has 0 atom stereocenters. The summed E-state index contributed by atoms with van der Waals surface area (Å²) < 4.78 is 0. The highest BCUT2D eigenvalue weighted by Crippen LogP contribution is 2.40. The second-order valence-corrected chi connectivity index (χ2v) is 8.44. The van der Waals surface area contributed by atoms with Crippen LogP contribution in [0.25, 0.3) is 0 Å². The molecule has 1 rings (SSSR count). The Hall–Kier alpha value is -0.985. The summed E-state index contributed by atoms with van der Waals surface area (Å²) in [5.74, 6) is 1.15. The van der Waals surface area contributed by atoms with Crippen molar-refractivity contribution in [3.8, 4) is 0 Å². The van der Waals surface area contributed by atoms with Crippen LogP contribution in [0.3, 0.4) is 0 Å². The topological polar surface area (TPSA) is 16.1 Å². The van der Waals surface area contributed by atoms with E-state index in [1.54, 1.807) is 0 Å². The van der Waals surface area contributed by atoms with Crippen LogP contribution in [0.15, 0.2) is 12.3 Å². The highest BCUT2D eigenvalue weighted by atomic mass is 15.2. The van der Waals surface area contributed by atoms with Crippen molar-refractivity contribution < 1.29 is 0 Å². The molecule has 0 saturated carbocycles. The number of rotatable bonds is 8. The van der Waals surface area contributed by atoms with Crippen molar-refractivity contribution in [3.63, 3.8) is 0 Å². The predicted molar refractivity (Wildman–Crippen MR) is 105 cm³/mol. The Bertz CT molecular complexity index is 483. The van der Waals surface area contributed by atoms with Gasteiger partial charge < -0.3 is 4.90 Å². The summed E-state index contributed by atoms with van der Waals surface area (Å²) in [7, 11) is 2.35. The fourth-order valence-electron chi connectivity index (χ4n) is 2.57. The SMILES string of the molecule is CCCN(CCC)c1ncc([B]CC(C)(C)C(C)(C)C)cc1C. The molecule has 0 aliphatic carbocycles. The van der Waals surface area contributed by atoms with E-state index in [4.69, 9.17) is 4.98 Å². The lowest BCUT2D eigenvalue weighted by atomic mass is 9.53.